The summed E-state index contributed by atoms with van der Waals surface area (Å²) in [5, 5.41) is 0.892. The molecule has 1 aromatic rings. The highest BCUT2D eigenvalue weighted by Gasteiger charge is 2.51. The lowest BCUT2D eigenvalue weighted by molar-refractivity contribution is -0.0501. The quantitative estimate of drug-likeness (QED) is 0.257. The number of hydrogen-bond donors (Lipinski definition) is 0. The Balaban J connectivity index is 1.24. The summed E-state index contributed by atoms with van der Waals surface area (Å²) in [6.07, 6.45) is 18.2. The van der Waals surface area contributed by atoms with Gasteiger partial charge in [0.05, 0.1) is 0 Å². The Kier molecular flexibility index (Phi) is 7.93. The molecule has 0 N–H and O–H groups in total. The van der Waals surface area contributed by atoms with Gasteiger partial charge in [0, 0.05) is 48.0 Å². The molecule has 2 aliphatic carbocycles. The van der Waals surface area contributed by atoms with Crippen molar-refractivity contribution in [2.24, 2.45) is 11.3 Å². The van der Waals surface area contributed by atoms with Gasteiger partial charge in [-0.25, -0.2) is 4.31 Å². The van der Waals surface area contributed by atoms with E-state index < -0.39 is 0 Å². The molecule has 1 spiro atoms. The van der Waals surface area contributed by atoms with Crippen molar-refractivity contribution in [3.63, 3.8) is 0 Å². The topological polar surface area (TPSA) is 6.48 Å². The minimum absolute atomic E-state index is 0.698. The molecule has 0 bridgehead atoms. The lowest BCUT2D eigenvalue weighted by atomic mass is 9.57. The number of hydrogen-bond acceptors (Lipinski definition) is 3. The summed E-state index contributed by atoms with van der Waals surface area (Å²) in [7, 11) is 0. The van der Waals surface area contributed by atoms with Gasteiger partial charge in [0.15, 0.2) is 0 Å². The highest BCUT2D eigenvalue weighted by molar-refractivity contribution is 7.96. The van der Waals surface area contributed by atoms with Crippen LogP contribution in [0, 0.1) is 23.2 Å². The highest BCUT2D eigenvalue weighted by Crippen LogP contribution is 2.55. The van der Waals surface area contributed by atoms with Gasteiger partial charge in [-0.15, -0.1) is 0 Å². The fourth-order valence-corrected chi connectivity index (χ4v) is 7.86. The Hall–Kier alpha value is -1.34. The second-order valence-corrected chi connectivity index (χ2v) is 12.5. The zero-order valence-corrected chi connectivity index (χ0v) is 23.5. The van der Waals surface area contributed by atoms with Crippen LogP contribution in [0.25, 0.3) is 0 Å². The molecule has 2 heterocycles. The van der Waals surface area contributed by atoms with E-state index in [9.17, 15) is 0 Å². The predicted molar refractivity (Wildman–Crippen MR) is 153 cm³/mol. The van der Waals surface area contributed by atoms with Crippen molar-refractivity contribution in [3.05, 3.63) is 51.2 Å². The number of nitrogens with zero attached hydrogens (tertiary/aromatic N) is 2. The predicted octanol–water partition coefficient (Wildman–Crippen LogP) is 8.40. The van der Waals surface area contributed by atoms with Crippen molar-refractivity contribution in [2.45, 2.75) is 84.5 Å². The molecule has 188 valence electrons. The van der Waals surface area contributed by atoms with Crippen LogP contribution >= 0.6 is 23.5 Å². The lowest BCUT2D eigenvalue weighted by Gasteiger charge is -2.58. The average molecular weight is 509 g/mol. The van der Waals surface area contributed by atoms with Gasteiger partial charge in [0.2, 0.25) is 0 Å². The molecule has 0 aromatic heterocycles. The van der Waals surface area contributed by atoms with Crippen LogP contribution in [-0.2, 0) is 6.42 Å². The first-order valence-electron chi connectivity index (χ1n) is 13.8. The summed E-state index contributed by atoms with van der Waals surface area (Å²) >= 11 is 8.76. The van der Waals surface area contributed by atoms with E-state index in [0.717, 1.165) is 48.7 Å². The van der Waals surface area contributed by atoms with Gasteiger partial charge in [0.1, 0.15) is 0 Å². The second kappa shape index (κ2) is 11.0. The zero-order valence-electron chi connectivity index (χ0n) is 21.9. The smallest absolute Gasteiger partial charge is 0.0471 e. The molecule has 2 fully saturated rings. The van der Waals surface area contributed by atoms with Crippen LogP contribution in [-0.4, -0.2) is 30.2 Å². The molecule has 2 aliphatic heterocycles. The van der Waals surface area contributed by atoms with E-state index in [2.05, 4.69) is 59.4 Å². The molecule has 1 saturated carbocycles. The number of unbranched alkanes of at least 4 members (excludes halogenated alkanes) is 1. The summed E-state index contributed by atoms with van der Waals surface area (Å²) in [6, 6.07) is 4.50. The van der Waals surface area contributed by atoms with Crippen molar-refractivity contribution in [1.29, 1.82) is 0 Å². The Morgan fingerprint density at radius 1 is 1.11 bits per heavy atom. The zero-order chi connectivity index (χ0) is 24.4. The van der Waals surface area contributed by atoms with Crippen LogP contribution in [0.3, 0.4) is 0 Å². The molecular formula is C31H41ClN2S. The third kappa shape index (κ3) is 5.36. The maximum atomic E-state index is 6.84. The number of allylic oxidation sites excluding steroid dienone is 3. The van der Waals surface area contributed by atoms with Crippen molar-refractivity contribution >= 4 is 29.2 Å². The van der Waals surface area contributed by atoms with Crippen molar-refractivity contribution in [1.82, 2.24) is 4.31 Å². The Morgan fingerprint density at radius 3 is 2.69 bits per heavy atom. The van der Waals surface area contributed by atoms with Crippen LogP contribution < -0.4 is 4.90 Å². The molecule has 1 saturated heterocycles. The van der Waals surface area contributed by atoms with Crippen LogP contribution in [0.1, 0.15) is 89.2 Å². The lowest BCUT2D eigenvalue weighted by Crippen LogP contribution is -2.59. The van der Waals surface area contributed by atoms with Crippen molar-refractivity contribution in [2.75, 3.05) is 30.8 Å². The van der Waals surface area contributed by atoms with Crippen molar-refractivity contribution in [3.8, 4) is 11.8 Å². The summed E-state index contributed by atoms with van der Waals surface area (Å²) in [6.45, 7) is 8.07. The largest absolute Gasteiger partial charge is 0.344 e. The van der Waals surface area contributed by atoms with Crippen LogP contribution in [0.2, 0.25) is 5.02 Å². The third-order valence-corrected chi connectivity index (χ3v) is 9.75. The molecule has 4 aliphatic rings. The third-order valence-electron chi connectivity index (χ3n) is 8.63. The normalized spacial score (nSPS) is 21.4. The number of halogens is 1. The fraction of sp³-hybridized carbons (Fsp3) is 0.613. The molecule has 2 nitrogen and oxygen atoms in total. The average Bonchev–Trinajstić information content (AvgIpc) is 3.23. The molecular weight excluding hydrogens is 468 g/mol. The maximum Gasteiger partial charge on any atom is 0.0471 e. The van der Waals surface area contributed by atoms with Crippen LogP contribution in [0.15, 0.2) is 35.1 Å². The van der Waals surface area contributed by atoms with Gasteiger partial charge >= 0.3 is 0 Å². The second-order valence-electron chi connectivity index (χ2n) is 11.2. The molecule has 4 heteroatoms. The fourth-order valence-electron chi connectivity index (χ4n) is 6.74. The molecule has 35 heavy (non-hydrogen) atoms. The molecule has 0 atom stereocenters. The summed E-state index contributed by atoms with van der Waals surface area (Å²) in [5.41, 5.74) is 9.08. The standard InChI is InChI=1S/C31H41ClN2S/c1-4-6-8-25-17-27(18-29(32)28(25)9-7-5-2)34-15-14-26-16-23(12-13-30(26)34)10-11-24-19-31(20-24)21-33(22-31)35-3/h16-18,24H,4-5,7,9-15,19-22H2,1-3H3. The summed E-state index contributed by atoms with van der Waals surface area (Å²) in [4.78, 5) is 2.53. The highest BCUT2D eigenvalue weighted by atomic mass is 35.5. The molecule has 0 radical (unpaired) electrons. The van der Waals surface area contributed by atoms with E-state index in [1.807, 2.05) is 11.9 Å². The monoisotopic (exact) mass is 508 g/mol. The minimum Gasteiger partial charge on any atom is -0.344 e. The van der Waals surface area contributed by atoms with Gasteiger partial charge in [-0.05, 0) is 98.6 Å². The Labute approximate surface area is 222 Å². The van der Waals surface area contributed by atoms with E-state index in [-0.39, 0.29) is 0 Å². The molecule has 0 amide bonds. The SMILES string of the molecule is CCC#Cc1cc(N2CCC3=C2CCC(CCC2CC4(C2)CN(SC)C4)=C3)cc(Cl)c1CCCC. The summed E-state index contributed by atoms with van der Waals surface area (Å²) < 4.78 is 2.52. The van der Waals surface area contributed by atoms with E-state index in [0.29, 0.717) is 5.41 Å². The summed E-state index contributed by atoms with van der Waals surface area (Å²) in [5.74, 6) is 7.67. The number of benzene rings is 1. The van der Waals surface area contributed by atoms with E-state index in [1.165, 1.54) is 75.0 Å². The first kappa shape index (κ1) is 25.3. The van der Waals surface area contributed by atoms with E-state index >= 15 is 0 Å². The maximum absolute atomic E-state index is 6.84. The van der Waals surface area contributed by atoms with Gasteiger partial charge in [-0.1, -0.05) is 67.3 Å². The minimum atomic E-state index is 0.698. The van der Waals surface area contributed by atoms with Crippen LogP contribution in [0.5, 0.6) is 0 Å². The van der Waals surface area contributed by atoms with Gasteiger partial charge in [-0.3, -0.25) is 0 Å². The van der Waals surface area contributed by atoms with Gasteiger partial charge in [-0.2, -0.15) is 0 Å². The Bertz CT molecular complexity index is 1060. The van der Waals surface area contributed by atoms with Crippen molar-refractivity contribution < 1.29 is 0 Å². The first-order valence-corrected chi connectivity index (χ1v) is 15.4. The first-order chi connectivity index (χ1) is 17.0. The number of anilines is 1. The Morgan fingerprint density at radius 2 is 1.94 bits per heavy atom. The molecule has 5 rings (SSSR count). The van der Waals surface area contributed by atoms with E-state index in [4.69, 9.17) is 11.6 Å². The number of rotatable bonds is 8. The van der Waals surface area contributed by atoms with Gasteiger partial charge < -0.3 is 4.90 Å². The van der Waals surface area contributed by atoms with Crippen LogP contribution in [0.4, 0.5) is 5.69 Å². The molecule has 0 unspecified atom stereocenters. The molecule has 1 aromatic carbocycles. The van der Waals surface area contributed by atoms with E-state index in [1.54, 1.807) is 11.1 Å². The van der Waals surface area contributed by atoms with Gasteiger partial charge in [0.25, 0.3) is 0 Å².